The van der Waals surface area contributed by atoms with E-state index in [2.05, 4.69) is 58.2 Å². The molecule has 0 aliphatic heterocycles. The second kappa shape index (κ2) is 12.5. The molecule has 0 amide bonds. The Morgan fingerprint density at radius 3 is 1.76 bits per heavy atom. The van der Waals surface area contributed by atoms with E-state index in [1.165, 1.54) is 49.7 Å². The molecule has 4 bridgehead atoms. The first kappa shape index (κ1) is 30.7. The monoisotopic (exact) mass is 624 g/mol. The van der Waals surface area contributed by atoms with Crippen LogP contribution < -0.4 is 0 Å². The van der Waals surface area contributed by atoms with Gasteiger partial charge in [0.25, 0.3) is 0 Å². The molecule has 0 spiro atoms. The summed E-state index contributed by atoms with van der Waals surface area (Å²) in [5, 5.41) is -0.296. The van der Waals surface area contributed by atoms with Crippen molar-refractivity contribution in [2.75, 3.05) is 0 Å². The van der Waals surface area contributed by atoms with E-state index in [1.54, 1.807) is 24.8 Å². The molecule has 41 heavy (non-hydrogen) atoms. The fraction of sp³-hybridized carbons (Fsp3) is 0.471. The molecule has 4 saturated carbocycles. The number of hydrogen-bond donors (Lipinski definition) is 0. The fourth-order valence-corrected chi connectivity index (χ4v) is 10.8. The van der Waals surface area contributed by atoms with E-state index in [0.29, 0.717) is 11.1 Å². The van der Waals surface area contributed by atoms with E-state index in [4.69, 9.17) is 9.97 Å². The van der Waals surface area contributed by atoms with Crippen LogP contribution in [0, 0.1) is 23.2 Å². The first-order chi connectivity index (χ1) is 19.3. The van der Waals surface area contributed by atoms with Gasteiger partial charge in [-0.1, -0.05) is 20.8 Å². The summed E-state index contributed by atoms with van der Waals surface area (Å²) in [4.78, 5) is 18.5. The van der Waals surface area contributed by atoms with Crippen LogP contribution >= 0.6 is 17.8 Å². The summed E-state index contributed by atoms with van der Waals surface area (Å²) in [5.74, 6) is 2.81. The van der Waals surface area contributed by atoms with Gasteiger partial charge in [-0.3, -0.25) is 19.9 Å². The standard InChI is InChI=1S/C29H37N4P2.C5H5.Fe/c1-27(2,3)35-26(28-14-19-11-20(15-28)13-21(12-19)16-28)22-5-4-6-23(22)29(34,24-17-30-7-9-32-24)25-18-31-8-10-33-25;1-2-4-5-3-1;/h4-10,17-21,26,35H,11-16,34H2,1-3H3;1-5H;/q-1;-5;. The van der Waals surface area contributed by atoms with Crippen LogP contribution in [0.5, 0.6) is 0 Å². The van der Waals surface area contributed by atoms with Crippen molar-refractivity contribution in [3.05, 3.63) is 108 Å². The van der Waals surface area contributed by atoms with Crippen molar-refractivity contribution in [1.82, 2.24) is 19.9 Å². The Bertz CT molecular complexity index is 1270. The van der Waals surface area contributed by atoms with Crippen LogP contribution in [-0.4, -0.2) is 25.1 Å². The maximum absolute atomic E-state index is 4.80. The van der Waals surface area contributed by atoms with Gasteiger partial charge >= 0.3 is 0 Å². The van der Waals surface area contributed by atoms with Crippen LogP contribution in [0.2, 0.25) is 0 Å². The summed E-state index contributed by atoms with van der Waals surface area (Å²) >= 11 is 0. The number of nitrogens with zero attached hydrogens (tertiary/aromatic N) is 4. The summed E-state index contributed by atoms with van der Waals surface area (Å²) in [6, 6.07) is 17.0. The minimum atomic E-state index is -0.579. The van der Waals surface area contributed by atoms with Gasteiger partial charge < -0.3 is 30.3 Å². The van der Waals surface area contributed by atoms with Crippen molar-refractivity contribution >= 4 is 17.8 Å². The molecule has 2 heterocycles. The zero-order valence-electron chi connectivity index (χ0n) is 24.4. The van der Waals surface area contributed by atoms with E-state index in [1.807, 2.05) is 42.7 Å². The van der Waals surface area contributed by atoms with Gasteiger partial charge in [-0.05, 0) is 72.5 Å². The summed E-state index contributed by atoms with van der Waals surface area (Å²) in [6.07, 6.45) is 19.5. The van der Waals surface area contributed by atoms with E-state index in [0.717, 1.165) is 37.7 Å². The van der Waals surface area contributed by atoms with E-state index in [-0.39, 0.29) is 22.2 Å². The third kappa shape index (κ3) is 6.31. The van der Waals surface area contributed by atoms with Crippen LogP contribution in [0.4, 0.5) is 0 Å². The zero-order chi connectivity index (χ0) is 27.8. The summed E-state index contributed by atoms with van der Waals surface area (Å²) in [7, 11) is 4.01. The van der Waals surface area contributed by atoms with Crippen LogP contribution in [-0.2, 0) is 22.2 Å². The zero-order valence-corrected chi connectivity index (χ0v) is 27.6. The Labute approximate surface area is 260 Å². The van der Waals surface area contributed by atoms with Gasteiger partial charge in [0.05, 0.1) is 16.5 Å². The van der Waals surface area contributed by atoms with Crippen molar-refractivity contribution in [2.24, 2.45) is 23.2 Å². The third-order valence-corrected chi connectivity index (χ3v) is 12.3. The SMILES string of the molecule is CC(C)(C)PC([c-]1cccc1C(P)(c1cnccn1)c1cnccn1)C12CC3CC(CC(C3)C1)C2.[Fe].[cH-]1[cH-][cH-][cH-][cH-]1. The molecule has 3 unspecified atom stereocenters. The molecule has 2 aromatic heterocycles. The summed E-state index contributed by atoms with van der Waals surface area (Å²) < 4.78 is 0. The largest absolute Gasteiger partial charge is 0.748 e. The predicted octanol–water partition coefficient (Wildman–Crippen LogP) is 8.29. The van der Waals surface area contributed by atoms with Gasteiger partial charge in [0.15, 0.2) is 0 Å². The Hall–Kier alpha value is -1.76. The van der Waals surface area contributed by atoms with Gasteiger partial charge in [-0.2, -0.15) is 6.07 Å². The quantitative estimate of drug-likeness (QED) is 0.123. The van der Waals surface area contributed by atoms with Crippen LogP contribution in [0.1, 0.15) is 87.5 Å². The minimum absolute atomic E-state index is 0. The molecule has 4 aliphatic carbocycles. The Balaban J connectivity index is 0.000000510. The summed E-state index contributed by atoms with van der Waals surface area (Å²) in [6.45, 7) is 7.29. The second-order valence-electron chi connectivity index (χ2n) is 13.5. The summed E-state index contributed by atoms with van der Waals surface area (Å²) in [5.41, 5.74) is 5.61. The van der Waals surface area contributed by atoms with Gasteiger partial charge in [0.1, 0.15) is 0 Å². The maximum atomic E-state index is 4.80. The normalized spacial score (nSPS) is 25.9. The Morgan fingerprint density at radius 2 is 1.34 bits per heavy atom. The first-order valence-electron chi connectivity index (χ1n) is 14.8. The first-order valence-corrected chi connectivity index (χ1v) is 16.4. The van der Waals surface area contributed by atoms with Crippen LogP contribution in [0.3, 0.4) is 0 Å². The molecule has 4 aliphatic rings. The molecule has 4 nitrogen and oxygen atoms in total. The van der Waals surface area contributed by atoms with Crippen LogP contribution in [0.25, 0.3) is 0 Å². The van der Waals surface area contributed by atoms with Crippen molar-refractivity contribution in [2.45, 2.75) is 75.3 Å². The maximum Gasteiger partial charge on any atom is 0.0769 e. The van der Waals surface area contributed by atoms with E-state index < -0.39 is 5.16 Å². The molecular weight excluding hydrogens is 582 g/mol. The Kier molecular flexibility index (Phi) is 9.33. The fourth-order valence-electron chi connectivity index (χ4n) is 8.30. The molecular formula is C34H42FeN4P2-6. The third-order valence-electron chi connectivity index (χ3n) is 9.35. The molecule has 0 N–H and O–H groups in total. The van der Waals surface area contributed by atoms with Crippen LogP contribution in [0.15, 0.2) is 85.7 Å². The number of aromatic nitrogens is 4. The van der Waals surface area contributed by atoms with Gasteiger partial charge in [-0.15, -0.1) is 28.9 Å². The molecule has 0 radical (unpaired) electrons. The molecule has 0 saturated heterocycles. The topological polar surface area (TPSA) is 51.6 Å². The van der Waals surface area contributed by atoms with E-state index in [9.17, 15) is 0 Å². The molecule has 2 aromatic carbocycles. The molecule has 3 atom stereocenters. The minimum Gasteiger partial charge on any atom is -0.748 e. The van der Waals surface area contributed by atoms with Crippen molar-refractivity contribution in [3.8, 4) is 0 Å². The van der Waals surface area contributed by atoms with E-state index >= 15 is 0 Å². The molecule has 7 heteroatoms. The number of hydrogen-bond acceptors (Lipinski definition) is 4. The molecule has 8 rings (SSSR count). The van der Waals surface area contributed by atoms with Crippen molar-refractivity contribution < 1.29 is 17.1 Å². The van der Waals surface area contributed by atoms with Gasteiger partial charge in [0.2, 0.25) is 0 Å². The van der Waals surface area contributed by atoms with Gasteiger partial charge in [0, 0.05) is 54.2 Å². The molecule has 4 aromatic rings. The second-order valence-corrected chi connectivity index (χ2v) is 16.7. The van der Waals surface area contributed by atoms with Crippen molar-refractivity contribution in [3.63, 3.8) is 0 Å². The van der Waals surface area contributed by atoms with Crippen molar-refractivity contribution in [1.29, 1.82) is 0 Å². The average molecular weight is 625 g/mol. The molecule has 222 valence electrons. The smallest absolute Gasteiger partial charge is 0.0769 e. The average Bonchev–Trinajstić information content (AvgIpc) is 3.67. The number of rotatable bonds is 6. The predicted molar refractivity (Wildman–Crippen MR) is 169 cm³/mol. The van der Waals surface area contributed by atoms with Gasteiger partial charge in [-0.25, -0.2) is 12.1 Å². The Morgan fingerprint density at radius 1 is 0.854 bits per heavy atom. The molecule has 4 fully saturated rings.